The summed E-state index contributed by atoms with van der Waals surface area (Å²) < 4.78 is 26.1. The van der Waals surface area contributed by atoms with Gasteiger partial charge >= 0.3 is 19.8 Å². The summed E-state index contributed by atoms with van der Waals surface area (Å²) in [6, 6.07) is 0. The molecule has 0 spiro atoms. The van der Waals surface area contributed by atoms with Gasteiger partial charge in [-0.15, -0.1) is 0 Å². The minimum atomic E-state index is -4.77. The largest absolute Gasteiger partial charge is 0.469 e. The molecule has 0 aromatic rings. The number of hydrogen-bond donors (Lipinski definition) is 3. The molecule has 0 aromatic heterocycles. The molecule has 0 aliphatic heterocycles. The fourth-order valence-electron chi connectivity index (χ4n) is 4.45. The normalized spacial score (nSPS) is 14.5. The fourth-order valence-corrected chi connectivity index (χ4v) is 4.81. The van der Waals surface area contributed by atoms with Gasteiger partial charge in [-0.2, -0.15) is 0 Å². The van der Waals surface area contributed by atoms with E-state index in [9.17, 15) is 19.3 Å². The molecule has 0 aliphatic rings. The monoisotopic (exact) mass is 670 g/mol. The highest BCUT2D eigenvalue weighted by Crippen LogP contribution is 2.36. The van der Waals surface area contributed by atoms with Crippen LogP contribution in [0.5, 0.6) is 0 Å². The van der Waals surface area contributed by atoms with Crippen LogP contribution in [0.1, 0.15) is 136 Å². The van der Waals surface area contributed by atoms with E-state index in [2.05, 4.69) is 37.4 Å². The first kappa shape index (κ1) is 44.0. The summed E-state index contributed by atoms with van der Waals surface area (Å²) in [6.07, 6.45) is 30.4. The first-order chi connectivity index (χ1) is 22.1. The van der Waals surface area contributed by atoms with Crippen molar-refractivity contribution in [3.05, 3.63) is 48.6 Å². The summed E-state index contributed by atoms with van der Waals surface area (Å²) in [7, 11) is -4.77. The molecule has 46 heavy (non-hydrogen) atoms. The molecule has 0 amide bonds. The fraction of sp³-hybridized carbons (Fsp3) is 0.722. The van der Waals surface area contributed by atoms with Crippen molar-refractivity contribution < 1.29 is 43.0 Å². The minimum Gasteiger partial charge on any atom is -0.462 e. The van der Waals surface area contributed by atoms with Crippen molar-refractivity contribution in [2.24, 2.45) is 5.92 Å². The number of rotatable bonds is 30. The van der Waals surface area contributed by atoms with Gasteiger partial charge in [0.15, 0.2) is 6.10 Å². The lowest BCUT2D eigenvalue weighted by atomic mass is 10.00. The molecule has 0 radical (unpaired) electrons. The van der Waals surface area contributed by atoms with Gasteiger partial charge in [0, 0.05) is 12.8 Å². The third kappa shape index (κ3) is 31.9. The number of phosphoric ester groups is 1. The molecule has 0 aromatic carbocycles. The lowest BCUT2D eigenvalue weighted by molar-refractivity contribution is -0.161. The molecule has 0 saturated carbocycles. The van der Waals surface area contributed by atoms with Crippen molar-refractivity contribution in [1.82, 2.24) is 0 Å². The van der Waals surface area contributed by atoms with Crippen molar-refractivity contribution in [1.29, 1.82) is 0 Å². The Balaban J connectivity index is 4.17. The second kappa shape index (κ2) is 30.3. The van der Waals surface area contributed by atoms with E-state index in [1.807, 2.05) is 36.5 Å². The van der Waals surface area contributed by atoms with Crippen molar-refractivity contribution in [2.75, 3.05) is 13.2 Å². The summed E-state index contributed by atoms with van der Waals surface area (Å²) in [4.78, 5) is 42.5. The van der Waals surface area contributed by atoms with E-state index in [4.69, 9.17) is 19.3 Å². The summed E-state index contributed by atoms with van der Waals surface area (Å²) >= 11 is 0. The van der Waals surface area contributed by atoms with Gasteiger partial charge in [-0.1, -0.05) is 134 Å². The van der Waals surface area contributed by atoms with Gasteiger partial charge in [0.25, 0.3) is 0 Å². The highest BCUT2D eigenvalue weighted by Gasteiger charge is 2.22. The molecule has 3 N–H and O–H groups in total. The SMILES string of the molecule is CCCCC[C@@H](O)/C=C/C=C\C/C=C\C/C=C\CCCC(=O)OC[C@H](COP(=O)(O)O)OC(=O)CCCCCCCCC(C)CC. The Morgan fingerprint density at radius 1 is 0.739 bits per heavy atom. The number of carbonyl (C=O) groups excluding carboxylic acids is 2. The summed E-state index contributed by atoms with van der Waals surface area (Å²) in [5, 5.41) is 9.84. The number of ether oxygens (including phenoxy) is 2. The van der Waals surface area contributed by atoms with Crippen molar-refractivity contribution in [3.63, 3.8) is 0 Å². The van der Waals surface area contributed by atoms with E-state index in [1.165, 1.54) is 25.7 Å². The summed E-state index contributed by atoms with van der Waals surface area (Å²) in [6.45, 7) is 5.74. The maximum absolute atomic E-state index is 12.3. The summed E-state index contributed by atoms with van der Waals surface area (Å²) in [5.74, 6) is -0.216. The molecule has 9 nitrogen and oxygen atoms in total. The Hall–Kier alpha value is -2.03. The number of carbonyl (C=O) groups is 2. The van der Waals surface area contributed by atoms with Crippen LogP contribution in [0.4, 0.5) is 0 Å². The molecule has 0 bridgehead atoms. The number of allylic oxidation sites excluding steroid dienone is 7. The standard InChI is InChI=1S/C36H63O9P/c1-4-6-20-26-33(37)27-22-17-12-10-8-7-9-11-13-18-23-28-35(38)43-30-34(31-44-46(40,41)42)45-36(39)29-24-19-15-14-16-21-25-32(3)5-2/h7-8,11-13,17,22,27,32-34,37H,4-6,9-10,14-16,18-21,23-26,28-31H2,1-3H3,(H2,40,41,42)/b8-7-,13-11-,17-12-,27-22+/t32?,33-,34-/m1/s1. The maximum atomic E-state index is 12.3. The Bertz CT molecular complexity index is 922. The van der Waals surface area contributed by atoms with E-state index < -0.39 is 32.5 Å². The van der Waals surface area contributed by atoms with E-state index in [-0.39, 0.29) is 25.6 Å². The maximum Gasteiger partial charge on any atom is 0.469 e. The van der Waals surface area contributed by atoms with Crippen molar-refractivity contribution in [2.45, 2.75) is 149 Å². The van der Waals surface area contributed by atoms with E-state index >= 15 is 0 Å². The van der Waals surface area contributed by atoms with Crippen molar-refractivity contribution in [3.8, 4) is 0 Å². The molecular weight excluding hydrogens is 607 g/mol. The van der Waals surface area contributed by atoms with Gasteiger partial charge in [-0.05, 0) is 44.4 Å². The second-order valence-corrected chi connectivity index (χ2v) is 13.2. The molecule has 0 rings (SSSR count). The zero-order valence-corrected chi connectivity index (χ0v) is 29.6. The van der Waals surface area contributed by atoms with Crippen LogP contribution >= 0.6 is 7.82 Å². The minimum absolute atomic E-state index is 0.170. The molecule has 1 unspecified atom stereocenters. The Morgan fingerprint density at radius 3 is 2.07 bits per heavy atom. The molecule has 10 heteroatoms. The smallest absolute Gasteiger partial charge is 0.462 e. The lowest BCUT2D eigenvalue weighted by Gasteiger charge is -2.18. The molecule has 3 atom stereocenters. The van der Waals surface area contributed by atoms with E-state index in [0.29, 0.717) is 19.3 Å². The van der Waals surface area contributed by atoms with Crippen LogP contribution in [0.25, 0.3) is 0 Å². The topological polar surface area (TPSA) is 140 Å². The number of phosphoric acid groups is 1. The second-order valence-electron chi connectivity index (χ2n) is 11.9. The van der Waals surface area contributed by atoms with Gasteiger partial charge in [-0.25, -0.2) is 4.57 Å². The lowest BCUT2D eigenvalue weighted by Crippen LogP contribution is -2.29. The summed E-state index contributed by atoms with van der Waals surface area (Å²) in [5.41, 5.74) is 0. The Labute approximate surface area is 278 Å². The first-order valence-electron chi connectivity index (χ1n) is 17.4. The van der Waals surface area contributed by atoms with E-state index in [0.717, 1.165) is 63.7 Å². The number of unbranched alkanes of at least 4 members (excludes halogenated alkanes) is 8. The van der Waals surface area contributed by atoms with Crippen LogP contribution in [-0.2, 0) is 28.2 Å². The van der Waals surface area contributed by atoms with Gasteiger partial charge in [0.05, 0.1) is 12.7 Å². The predicted octanol–water partition coefficient (Wildman–Crippen LogP) is 8.83. The number of esters is 2. The average Bonchev–Trinajstić information content (AvgIpc) is 3.01. The molecule has 0 saturated heterocycles. The van der Waals surface area contributed by atoms with Crippen molar-refractivity contribution >= 4 is 19.8 Å². The third-order valence-electron chi connectivity index (χ3n) is 7.49. The number of aliphatic hydroxyl groups excluding tert-OH is 1. The predicted molar refractivity (Wildman–Crippen MR) is 185 cm³/mol. The zero-order chi connectivity index (χ0) is 34.3. The quantitative estimate of drug-likeness (QED) is 0.0225. The third-order valence-corrected chi connectivity index (χ3v) is 7.98. The highest BCUT2D eigenvalue weighted by atomic mass is 31.2. The average molecular weight is 671 g/mol. The van der Waals surface area contributed by atoms with Crippen LogP contribution in [0.15, 0.2) is 48.6 Å². The van der Waals surface area contributed by atoms with Crippen LogP contribution in [0.3, 0.4) is 0 Å². The number of hydrogen-bond acceptors (Lipinski definition) is 7. The van der Waals surface area contributed by atoms with Gasteiger partial charge in [0.1, 0.15) is 6.61 Å². The Morgan fingerprint density at radius 2 is 1.37 bits per heavy atom. The first-order valence-corrected chi connectivity index (χ1v) is 19.0. The van der Waals surface area contributed by atoms with Crippen LogP contribution in [0, 0.1) is 5.92 Å². The number of aliphatic hydroxyl groups is 1. The van der Waals surface area contributed by atoms with Gasteiger partial charge in [0.2, 0.25) is 0 Å². The molecule has 0 heterocycles. The molecular formula is C36H63O9P. The highest BCUT2D eigenvalue weighted by molar-refractivity contribution is 7.46. The van der Waals surface area contributed by atoms with Gasteiger partial charge in [-0.3, -0.25) is 14.1 Å². The molecule has 0 aliphatic carbocycles. The zero-order valence-electron chi connectivity index (χ0n) is 28.7. The van der Waals surface area contributed by atoms with Crippen LogP contribution < -0.4 is 0 Å². The Kier molecular flexibility index (Phi) is 29.0. The molecule has 0 fully saturated rings. The van der Waals surface area contributed by atoms with Gasteiger partial charge < -0.3 is 24.4 Å². The van der Waals surface area contributed by atoms with Crippen LogP contribution in [-0.4, -0.2) is 52.3 Å². The van der Waals surface area contributed by atoms with Crippen LogP contribution in [0.2, 0.25) is 0 Å². The van der Waals surface area contributed by atoms with E-state index in [1.54, 1.807) is 0 Å². The molecule has 266 valence electrons.